The number of esters is 1. The zero-order valence-corrected chi connectivity index (χ0v) is 31.2. The normalized spacial score (nSPS) is 24.7. The van der Waals surface area contributed by atoms with Crippen LogP contribution in [0.5, 0.6) is 0 Å². The van der Waals surface area contributed by atoms with Gasteiger partial charge in [-0.15, -0.1) is 5.10 Å². The van der Waals surface area contributed by atoms with Gasteiger partial charge in [-0.25, -0.2) is 0 Å². The number of amides is 2. The molecule has 1 aromatic heterocycles. The quantitative estimate of drug-likeness (QED) is 0.0846. The fourth-order valence-corrected chi connectivity index (χ4v) is 11.0. The Labute approximate surface area is 307 Å². The fourth-order valence-electron chi connectivity index (χ4n) is 8.31. The standard InChI is InChI=1S/C38H41ClFN5O6Si/c1-23-36(52(3,4)40)33(15-16-43-21-31(41-42-43)29(22-46)26-10-6-5-7-11-26)51-38(23)30-18-27(39)13-14-32(30)44(37(38)49)20-25-9-8-12-28(17-25)45-34(48)19-35(45)50-24(2)47/h5-14,17-18,21,23,29,33,35-36,46H,15-16,19-20,22H2,1-4H3/t23-,29?,33+,35?,36-,38+/m1/s1. The molecule has 14 heteroatoms. The first kappa shape index (κ1) is 35.9. The molecular weight excluding hydrogens is 705 g/mol. The van der Waals surface area contributed by atoms with E-state index < -0.39 is 43.8 Å². The number of hydrogen-bond acceptors (Lipinski definition) is 8. The summed E-state index contributed by atoms with van der Waals surface area (Å²) in [7, 11) is -3.43. The van der Waals surface area contributed by atoms with Crippen molar-refractivity contribution >= 4 is 49.2 Å². The molecule has 2 fully saturated rings. The fraction of sp³-hybridized carbons (Fsp3) is 0.395. The van der Waals surface area contributed by atoms with Crippen molar-refractivity contribution in [3.05, 3.63) is 106 Å². The summed E-state index contributed by atoms with van der Waals surface area (Å²) in [6.07, 6.45) is 0.994. The molecule has 0 aliphatic carbocycles. The molecule has 4 aromatic rings. The number of fused-ring (bicyclic) bond motifs is 2. The number of aliphatic hydroxyl groups excluding tert-OH is 1. The summed E-state index contributed by atoms with van der Waals surface area (Å²) in [6.45, 7) is 6.90. The Morgan fingerprint density at radius 2 is 1.90 bits per heavy atom. The number of aryl methyl sites for hydroxylation is 1. The van der Waals surface area contributed by atoms with Gasteiger partial charge in [-0.3, -0.25) is 24.0 Å². The van der Waals surface area contributed by atoms with Gasteiger partial charge >= 0.3 is 5.97 Å². The number of anilines is 2. The Bertz CT molecular complexity index is 2010. The van der Waals surface area contributed by atoms with Gasteiger partial charge in [0.1, 0.15) is 0 Å². The summed E-state index contributed by atoms with van der Waals surface area (Å²) in [6, 6.07) is 22.1. The largest absolute Gasteiger partial charge is 0.441 e. The molecule has 2 saturated heterocycles. The molecule has 0 radical (unpaired) electrons. The van der Waals surface area contributed by atoms with Gasteiger partial charge in [0.05, 0.1) is 43.0 Å². The van der Waals surface area contributed by atoms with Crippen molar-refractivity contribution in [2.24, 2.45) is 5.92 Å². The molecule has 3 aromatic carbocycles. The lowest BCUT2D eigenvalue weighted by molar-refractivity contribution is -0.154. The average molecular weight is 746 g/mol. The maximum absolute atomic E-state index is 16.4. The van der Waals surface area contributed by atoms with Gasteiger partial charge in [-0.2, -0.15) is 0 Å². The van der Waals surface area contributed by atoms with E-state index in [4.69, 9.17) is 21.1 Å². The first-order valence-corrected chi connectivity index (χ1v) is 20.8. The van der Waals surface area contributed by atoms with E-state index in [0.717, 1.165) is 11.1 Å². The van der Waals surface area contributed by atoms with Gasteiger partial charge in [-0.05, 0) is 61.0 Å². The van der Waals surface area contributed by atoms with Crippen LogP contribution >= 0.6 is 11.6 Å². The molecule has 2 amide bonds. The molecule has 2 unspecified atom stereocenters. The zero-order chi connectivity index (χ0) is 36.9. The van der Waals surface area contributed by atoms with E-state index in [1.165, 1.54) is 11.8 Å². The number of hydrogen-bond donors (Lipinski definition) is 1. The summed E-state index contributed by atoms with van der Waals surface area (Å²) in [5, 5.41) is 19.2. The van der Waals surface area contributed by atoms with Crippen LogP contribution in [-0.2, 0) is 42.5 Å². The highest BCUT2D eigenvalue weighted by Gasteiger charge is 2.66. The predicted octanol–water partition coefficient (Wildman–Crippen LogP) is 6.09. The molecule has 6 atom stereocenters. The summed E-state index contributed by atoms with van der Waals surface area (Å²) < 4.78 is 30.3. The number of nitrogens with zero attached hydrogens (tertiary/aromatic N) is 5. The van der Waals surface area contributed by atoms with Crippen LogP contribution in [0.15, 0.2) is 79.0 Å². The van der Waals surface area contributed by atoms with Gasteiger partial charge in [0.2, 0.25) is 14.3 Å². The molecule has 3 aliphatic heterocycles. The van der Waals surface area contributed by atoms with Crippen LogP contribution in [0.3, 0.4) is 0 Å². The van der Waals surface area contributed by atoms with E-state index in [9.17, 15) is 19.5 Å². The predicted molar refractivity (Wildman–Crippen MR) is 195 cm³/mol. The molecule has 1 N–H and O–H groups in total. The molecule has 11 nitrogen and oxygen atoms in total. The number of benzene rings is 3. The van der Waals surface area contributed by atoms with E-state index in [1.807, 2.05) is 43.3 Å². The third-order valence-corrected chi connectivity index (χ3v) is 13.3. The van der Waals surface area contributed by atoms with Gasteiger partial charge in [0, 0.05) is 47.4 Å². The van der Waals surface area contributed by atoms with Crippen molar-refractivity contribution in [1.82, 2.24) is 15.0 Å². The third-order valence-electron chi connectivity index (χ3n) is 10.6. The lowest BCUT2D eigenvalue weighted by Gasteiger charge is -2.39. The summed E-state index contributed by atoms with van der Waals surface area (Å²) >= 11 is 6.56. The van der Waals surface area contributed by atoms with Crippen LogP contribution in [-0.4, -0.2) is 65.2 Å². The van der Waals surface area contributed by atoms with Crippen molar-refractivity contribution < 1.29 is 33.1 Å². The van der Waals surface area contributed by atoms with Crippen molar-refractivity contribution in [3.63, 3.8) is 0 Å². The topological polar surface area (TPSA) is 127 Å². The van der Waals surface area contributed by atoms with Crippen molar-refractivity contribution in [2.75, 3.05) is 16.4 Å². The van der Waals surface area contributed by atoms with E-state index in [1.54, 1.807) is 65.3 Å². The van der Waals surface area contributed by atoms with Crippen LogP contribution in [0.25, 0.3) is 0 Å². The van der Waals surface area contributed by atoms with Crippen LogP contribution in [0.2, 0.25) is 23.7 Å². The van der Waals surface area contributed by atoms with Crippen LogP contribution in [0, 0.1) is 5.92 Å². The first-order chi connectivity index (χ1) is 24.8. The number of ether oxygens (including phenoxy) is 2. The molecule has 3 aliphatic rings. The molecule has 272 valence electrons. The average Bonchev–Trinajstić information content (AvgIpc) is 3.74. The summed E-state index contributed by atoms with van der Waals surface area (Å²) in [5.41, 5.74) is 2.06. The Kier molecular flexibility index (Phi) is 9.57. The second kappa shape index (κ2) is 13.8. The number of carbonyl (C=O) groups is 3. The molecule has 0 bridgehead atoms. The second-order valence-electron chi connectivity index (χ2n) is 14.4. The summed E-state index contributed by atoms with van der Waals surface area (Å²) in [4.78, 5) is 42.0. The zero-order valence-electron chi connectivity index (χ0n) is 29.4. The Balaban J connectivity index is 1.16. The number of rotatable bonds is 11. The lowest BCUT2D eigenvalue weighted by Crippen LogP contribution is -2.54. The van der Waals surface area contributed by atoms with Gasteiger partial charge in [-0.1, -0.05) is 66.2 Å². The lowest BCUT2D eigenvalue weighted by atomic mass is 9.82. The maximum Gasteiger partial charge on any atom is 0.304 e. The Morgan fingerprint density at radius 3 is 2.60 bits per heavy atom. The number of aromatic nitrogens is 3. The number of carbonyl (C=O) groups excluding carboxylic acids is 3. The molecule has 1 spiro atoms. The van der Waals surface area contributed by atoms with Crippen LogP contribution in [0.1, 0.15) is 55.0 Å². The number of halogens is 2. The highest BCUT2D eigenvalue weighted by molar-refractivity contribution is 6.72. The maximum atomic E-state index is 16.4. The Hall–Kier alpha value is -4.43. The van der Waals surface area contributed by atoms with Gasteiger partial charge in [0.25, 0.3) is 5.91 Å². The molecule has 52 heavy (non-hydrogen) atoms. The van der Waals surface area contributed by atoms with Crippen LogP contribution in [0.4, 0.5) is 15.5 Å². The smallest absolute Gasteiger partial charge is 0.304 e. The second-order valence-corrected chi connectivity index (χ2v) is 18.6. The van der Waals surface area contributed by atoms with Gasteiger partial charge in [0.15, 0.2) is 11.8 Å². The Morgan fingerprint density at radius 1 is 1.13 bits per heavy atom. The van der Waals surface area contributed by atoms with Crippen molar-refractivity contribution in [2.45, 2.75) is 82.3 Å². The number of aliphatic hydroxyl groups is 1. The minimum atomic E-state index is -3.43. The highest BCUT2D eigenvalue weighted by Crippen LogP contribution is 2.60. The molecule has 0 saturated carbocycles. The number of β-lactam (4-membered cyclic amide) rings is 1. The van der Waals surface area contributed by atoms with Gasteiger partial charge < -0.3 is 23.6 Å². The minimum Gasteiger partial charge on any atom is -0.441 e. The SMILES string of the molecule is CC(=O)OC1CC(=O)N1c1cccc(CN2C(=O)[C@@]3(O[C@@H](CCn4cc(C(CO)c5ccccc5)nn4)[C@H]([Si](C)(C)F)[C@H]3C)c3cc(Cl)ccc32)c1. The third kappa shape index (κ3) is 6.33. The molecule has 7 rings (SSSR count). The monoisotopic (exact) mass is 745 g/mol. The van der Waals surface area contributed by atoms with Crippen LogP contribution < -0.4 is 9.80 Å². The molecule has 4 heterocycles. The minimum absolute atomic E-state index is 0.103. The van der Waals surface area contributed by atoms with E-state index in [2.05, 4.69) is 10.3 Å². The van der Waals surface area contributed by atoms with E-state index in [0.29, 0.717) is 40.6 Å². The first-order valence-electron chi connectivity index (χ1n) is 17.4. The molecular formula is C38H41ClFN5O6Si. The van der Waals surface area contributed by atoms with E-state index >= 15 is 4.11 Å². The van der Waals surface area contributed by atoms with E-state index in [-0.39, 0.29) is 37.3 Å². The van der Waals surface area contributed by atoms with Crippen molar-refractivity contribution in [1.29, 1.82) is 0 Å². The summed E-state index contributed by atoms with van der Waals surface area (Å²) in [5.74, 6) is -1.81. The van der Waals surface area contributed by atoms with Crippen molar-refractivity contribution in [3.8, 4) is 0 Å². The highest BCUT2D eigenvalue weighted by atomic mass is 35.5.